The predicted octanol–water partition coefficient (Wildman–Crippen LogP) is 2.70. The summed E-state index contributed by atoms with van der Waals surface area (Å²) in [5.41, 5.74) is 0. The molecule has 0 spiro atoms. The van der Waals surface area contributed by atoms with Crippen molar-refractivity contribution in [3.05, 3.63) is 0 Å². The van der Waals surface area contributed by atoms with Crippen molar-refractivity contribution in [2.24, 2.45) is 5.92 Å². The molecule has 0 aliphatic heterocycles. The molecule has 0 aromatic rings. The number of ether oxygens (including phenoxy) is 1. The van der Waals surface area contributed by atoms with Crippen molar-refractivity contribution in [3.8, 4) is 0 Å². The quantitative estimate of drug-likeness (QED) is 0.528. The van der Waals surface area contributed by atoms with Gasteiger partial charge in [-0.1, -0.05) is 32.1 Å². The van der Waals surface area contributed by atoms with E-state index >= 15 is 0 Å². The van der Waals surface area contributed by atoms with Crippen LogP contribution in [0.5, 0.6) is 0 Å². The molecule has 0 saturated heterocycles. The Morgan fingerprint density at radius 1 is 1.31 bits per heavy atom. The molecule has 13 heavy (non-hydrogen) atoms. The minimum absolute atomic E-state index is 0.591. The van der Waals surface area contributed by atoms with Gasteiger partial charge in [0.2, 0.25) is 0 Å². The van der Waals surface area contributed by atoms with Crippen LogP contribution in [0.3, 0.4) is 0 Å². The second-order valence-corrected chi connectivity index (χ2v) is 4.12. The second-order valence-electron chi connectivity index (χ2n) is 4.12. The van der Waals surface area contributed by atoms with E-state index in [0.29, 0.717) is 6.61 Å². The van der Waals surface area contributed by atoms with E-state index in [0.717, 1.165) is 12.3 Å². The number of aliphatic hydroxyl groups is 1. The summed E-state index contributed by atoms with van der Waals surface area (Å²) in [6, 6.07) is 0. The second kappa shape index (κ2) is 6.39. The fourth-order valence-electron chi connectivity index (χ4n) is 2.10. The van der Waals surface area contributed by atoms with Crippen LogP contribution >= 0.6 is 0 Å². The molecule has 0 heterocycles. The van der Waals surface area contributed by atoms with Crippen LogP contribution in [0.2, 0.25) is 0 Å². The lowest BCUT2D eigenvalue weighted by Crippen LogP contribution is -2.10. The summed E-state index contributed by atoms with van der Waals surface area (Å²) >= 11 is 0. The average molecular weight is 186 g/mol. The van der Waals surface area contributed by atoms with Crippen LogP contribution in [-0.2, 0) is 4.74 Å². The standard InChI is InChI=1S/C11H22O2/c1-10(12)13-9-5-8-11-6-3-2-4-7-11/h10-12H,2-9H2,1H3. The third kappa shape index (κ3) is 5.27. The summed E-state index contributed by atoms with van der Waals surface area (Å²) in [7, 11) is 0. The third-order valence-electron chi connectivity index (χ3n) is 2.84. The van der Waals surface area contributed by atoms with E-state index < -0.39 is 6.29 Å². The summed E-state index contributed by atoms with van der Waals surface area (Å²) in [5, 5.41) is 8.87. The Bertz CT molecular complexity index is 117. The van der Waals surface area contributed by atoms with Crippen LogP contribution in [0.1, 0.15) is 51.9 Å². The fraction of sp³-hybridized carbons (Fsp3) is 1.00. The zero-order valence-corrected chi connectivity index (χ0v) is 8.67. The monoisotopic (exact) mass is 186 g/mol. The maximum Gasteiger partial charge on any atom is 0.151 e. The first-order valence-corrected chi connectivity index (χ1v) is 5.58. The van der Waals surface area contributed by atoms with Crippen LogP contribution in [0.25, 0.3) is 0 Å². The molecular formula is C11H22O2. The molecular weight excluding hydrogens is 164 g/mol. The molecule has 1 unspecified atom stereocenters. The molecule has 2 nitrogen and oxygen atoms in total. The number of rotatable bonds is 5. The zero-order chi connectivity index (χ0) is 9.52. The topological polar surface area (TPSA) is 29.5 Å². The maximum atomic E-state index is 8.87. The Balaban J connectivity index is 1.92. The van der Waals surface area contributed by atoms with E-state index in [1.807, 2.05) is 0 Å². The highest BCUT2D eigenvalue weighted by atomic mass is 16.6. The number of hydrogen-bond donors (Lipinski definition) is 1. The molecule has 2 heteroatoms. The minimum atomic E-state index is -0.591. The van der Waals surface area contributed by atoms with Gasteiger partial charge in [-0.25, -0.2) is 0 Å². The summed E-state index contributed by atoms with van der Waals surface area (Å²) < 4.78 is 5.09. The average Bonchev–Trinajstić information content (AvgIpc) is 2.14. The molecule has 1 N–H and O–H groups in total. The molecule has 0 amide bonds. The highest BCUT2D eigenvalue weighted by Gasteiger charge is 2.12. The number of hydrogen-bond acceptors (Lipinski definition) is 2. The highest BCUT2D eigenvalue weighted by molar-refractivity contribution is 4.65. The van der Waals surface area contributed by atoms with Crippen molar-refractivity contribution in [2.45, 2.75) is 58.2 Å². The SMILES string of the molecule is CC(O)OCCCC1CCCCC1. The lowest BCUT2D eigenvalue weighted by molar-refractivity contribution is -0.0866. The van der Waals surface area contributed by atoms with Gasteiger partial charge in [0, 0.05) is 6.61 Å². The van der Waals surface area contributed by atoms with Gasteiger partial charge < -0.3 is 9.84 Å². The first-order chi connectivity index (χ1) is 6.29. The van der Waals surface area contributed by atoms with Crippen molar-refractivity contribution >= 4 is 0 Å². The van der Waals surface area contributed by atoms with E-state index in [1.54, 1.807) is 6.92 Å². The smallest absolute Gasteiger partial charge is 0.151 e. The van der Waals surface area contributed by atoms with Gasteiger partial charge >= 0.3 is 0 Å². The van der Waals surface area contributed by atoms with Crippen LogP contribution in [0, 0.1) is 5.92 Å². The molecule has 1 fully saturated rings. The van der Waals surface area contributed by atoms with Crippen LogP contribution < -0.4 is 0 Å². The lowest BCUT2D eigenvalue weighted by Gasteiger charge is -2.21. The Morgan fingerprint density at radius 2 is 2.00 bits per heavy atom. The normalized spacial score (nSPS) is 21.7. The molecule has 0 radical (unpaired) electrons. The zero-order valence-electron chi connectivity index (χ0n) is 8.67. The first kappa shape index (κ1) is 11.0. The van der Waals surface area contributed by atoms with Crippen molar-refractivity contribution in [1.29, 1.82) is 0 Å². The van der Waals surface area contributed by atoms with Crippen molar-refractivity contribution in [1.82, 2.24) is 0 Å². The molecule has 1 atom stereocenters. The van der Waals surface area contributed by atoms with Crippen molar-refractivity contribution < 1.29 is 9.84 Å². The van der Waals surface area contributed by atoms with Gasteiger partial charge in [0.25, 0.3) is 0 Å². The summed E-state index contributed by atoms with van der Waals surface area (Å²) in [4.78, 5) is 0. The third-order valence-corrected chi connectivity index (χ3v) is 2.84. The fourth-order valence-corrected chi connectivity index (χ4v) is 2.10. The van der Waals surface area contributed by atoms with Crippen LogP contribution in [0.4, 0.5) is 0 Å². The van der Waals surface area contributed by atoms with E-state index in [-0.39, 0.29) is 0 Å². The Labute approximate surface area is 81.3 Å². The van der Waals surface area contributed by atoms with E-state index in [9.17, 15) is 0 Å². The summed E-state index contributed by atoms with van der Waals surface area (Å²) in [6.07, 6.45) is 8.89. The van der Waals surface area contributed by atoms with Crippen LogP contribution in [0.15, 0.2) is 0 Å². The van der Waals surface area contributed by atoms with Gasteiger partial charge in [0.15, 0.2) is 6.29 Å². The maximum absolute atomic E-state index is 8.87. The molecule has 0 bridgehead atoms. The van der Waals surface area contributed by atoms with Gasteiger partial charge in [-0.3, -0.25) is 0 Å². The lowest BCUT2D eigenvalue weighted by atomic mass is 9.86. The summed E-state index contributed by atoms with van der Waals surface area (Å²) in [5.74, 6) is 0.936. The molecule has 78 valence electrons. The van der Waals surface area contributed by atoms with E-state index in [1.165, 1.54) is 38.5 Å². The highest BCUT2D eigenvalue weighted by Crippen LogP contribution is 2.27. The Hall–Kier alpha value is -0.0800. The van der Waals surface area contributed by atoms with E-state index in [4.69, 9.17) is 9.84 Å². The molecule has 1 rings (SSSR count). The molecule has 0 aromatic heterocycles. The van der Waals surface area contributed by atoms with Crippen molar-refractivity contribution in [2.75, 3.05) is 6.61 Å². The Morgan fingerprint density at radius 3 is 2.62 bits per heavy atom. The number of aliphatic hydroxyl groups excluding tert-OH is 1. The molecule has 1 aliphatic rings. The Kier molecular flexibility index (Phi) is 5.40. The van der Waals surface area contributed by atoms with E-state index in [2.05, 4.69) is 0 Å². The molecule has 1 saturated carbocycles. The van der Waals surface area contributed by atoms with Gasteiger partial charge in [-0.2, -0.15) is 0 Å². The van der Waals surface area contributed by atoms with Crippen LogP contribution in [-0.4, -0.2) is 18.0 Å². The predicted molar refractivity (Wildman–Crippen MR) is 53.4 cm³/mol. The molecule has 1 aliphatic carbocycles. The minimum Gasteiger partial charge on any atom is -0.368 e. The molecule has 0 aromatic carbocycles. The van der Waals surface area contributed by atoms with Gasteiger partial charge in [0.1, 0.15) is 0 Å². The van der Waals surface area contributed by atoms with Gasteiger partial charge in [-0.15, -0.1) is 0 Å². The van der Waals surface area contributed by atoms with Gasteiger partial charge in [0.05, 0.1) is 0 Å². The van der Waals surface area contributed by atoms with Gasteiger partial charge in [-0.05, 0) is 25.7 Å². The summed E-state index contributed by atoms with van der Waals surface area (Å²) in [6.45, 7) is 2.38. The van der Waals surface area contributed by atoms with Crippen molar-refractivity contribution in [3.63, 3.8) is 0 Å². The largest absolute Gasteiger partial charge is 0.368 e. The first-order valence-electron chi connectivity index (χ1n) is 5.58.